The van der Waals surface area contributed by atoms with Crippen molar-refractivity contribution in [1.82, 2.24) is 9.97 Å². The molecule has 2 aromatic rings. The molecule has 0 aromatic carbocycles. The van der Waals surface area contributed by atoms with E-state index in [1.54, 1.807) is 17.5 Å². The van der Waals surface area contributed by atoms with Crippen LogP contribution in [0.1, 0.15) is 36.3 Å². The fraction of sp³-hybridized carbons (Fsp3) is 0.429. The molecular formula is C14H17N3S. The molecule has 0 atom stereocenters. The summed E-state index contributed by atoms with van der Waals surface area (Å²) in [5.74, 6) is 0.583. The lowest BCUT2D eigenvalue weighted by molar-refractivity contribution is 0.616. The summed E-state index contributed by atoms with van der Waals surface area (Å²) in [6, 6.07) is 3.93. The van der Waals surface area contributed by atoms with Crippen LogP contribution in [0.3, 0.4) is 0 Å². The molecule has 0 saturated carbocycles. The number of aromatic nitrogens is 2. The van der Waals surface area contributed by atoms with Gasteiger partial charge in [0.1, 0.15) is 10.8 Å². The highest BCUT2D eigenvalue weighted by molar-refractivity contribution is 7.15. The topological polar surface area (TPSA) is 51.8 Å². The molecule has 0 unspecified atom stereocenters. The molecule has 4 heteroatoms. The molecule has 2 N–H and O–H groups in total. The van der Waals surface area contributed by atoms with Crippen LogP contribution in [0, 0.1) is 0 Å². The second-order valence-electron chi connectivity index (χ2n) is 4.74. The zero-order valence-corrected chi connectivity index (χ0v) is 11.2. The van der Waals surface area contributed by atoms with Gasteiger partial charge < -0.3 is 5.73 Å². The number of nitrogens with zero attached hydrogens (tertiary/aromatic N) is 2. The molecule has 1 aliphatic carbocycles. The second-order valence-corrected chi connectivity index (χ2v) is 5.82. The summed E-state index contributed by atoms with van der Waals surface area (Å²) in [5.41, 5.74) is 8.20. The van der Waals surface area contributed by atoms with Gasteiger partial charge in [-0.1, -0.05) is 12.8 Å². The Hall–Kier alpha value is -1.42. The van der Waals surface area contributed by atoms with E-state index < -0.39 is 0 Å². The van der Waals surface area contributed by atoms with Gasteiger partial charge in [0.2, 0.25) is 0 Å². The third-order valence-electron chi connectivity index (χ3n) is 3.41. The van der Waals surface area contributed by atoms with Crippen molar-refractivity contribution in [2.75, 3.05) is 5.73 Å². The number of pyridine rings is 1. The molecule has 0 bridgehead atoms. The summed E-state index contributed by atoms with van der Waals surface area (Å²) in [6.45, 7) is 0. The smallest absolute Gasteiger partial charge is 0.133 e. The lowest BCUT2D eigenvalue weighted by Crippen LogP contribution is -1.97. The minimum absolute atomic E-state index is 0.583. The van der Waals surface area contributed by atoms with E-state index in [1.165, 1.54) is 42.7 Å². The Morgan fingerprint density at radius 3 is 2.78 bits per heavy atom. The first-order chi connectivity index (χ1) is 8.84. The maximum Gasteiger partial charge on any atom is 0.133 e. The van der Waals surface area contributed by atoms with Crippen LogP contribution in [0.15, 0.2) is 18.3 Å². The largest absolute Gasteiger partial charge is 0.383 e. The molecular weight excluding hydrogens is 242 g/mol. The maximum absolute atomic E-state index is 5.93. The SMILES string of the molecule is Nc1ncccc1-c1nc2c(s1)CCCCCC2. The van der Waals surface area contributed by atoms with Crippen molar-refractivity contribution in [3.63, 3.8) is 0 Å². The number of hydrogen-bond acceptors (Lipinski definition) is 4. The van der Waals surface area contributed by atoms with E-state index in [9.17, 15) is 0 Å². The van der Waals surface area contributed by atoms with Crippen molar-refractivity contribution in [2.45, 2.75) is 38.5 Å². The zero-order chi connectivity index (χ0) is 12.4. The Kier molecular flexibility index (Phi) is 3.28. The molecule has 0 aliphatic heterocycles. The number of rotatable bonds is 1. The number of fused-ring (bicyclic) bond motifs is 1. The van der Waals surface area contributed by atoms with Crippen molar-refractivity contribution in [3.8, 4) is 10.6 Å². The van der Waals surface area contributed by atoms with Gasteiger partial charge in [0.25, 0.3) is 0 Å². The summed E-state index contributed by atoms with van der Waals surface area (Å²) < 4.78 is 0. The van der Waals surface area contributed by atoms with E-state index in [4.69, 9.17) is 10.7 Å². The standard InChI is InChI=1S/C14H17N3S/c15-13-10(6-5-9-16-13)14-17-11-7-3-1-2-4-8-12(11)18-14/h5-6,9H,1-4,7-8H2,(H2,15,16). The van der Waals surface area contributed by atoms with Crippen molar-refractivity contribution in [1.29, 1.82) is 0 Å². The normalized spacial score (nSPS) is 15.8. The Morgan fingerprint density at radius 2 is 1.94 bits per heavy atom. The van der Waals surface area contributed by atoms with Gasteiger partial charge in [-0.25, -0.2) is 9.97 Å². The van der Waals surface area contributed by atoms with Crippen LogP contribution < -0.4 is 5.73 Å². The van der Waals surface area contributed by atoms with Gasteiger partial charge >= 0.3 is 0 Å². The average Bonchev–Trinajstić information content (AvgIpc) is 2.72. The number of aryl methyl sites for hydroxylation is 2. The number of nitrogens with two attached hydrogens (primary N) is 1. The quantitative estimate of drug-likeness (QED) is 0.853. The summed E-state index contributed by atoms with van der Waals surface area (Å²) in [4.78, 5) is 10.4. The van der Waals surface area contributed by atoms with Gasteiger partial charge in [-0.3, -0.25) is 0 Å². The van der Waals surface area contributed by atoms with Gasteiger partial charge in [0.05, 0.1) is 11.3 Å². The first-order valence-electron chi connectivity index (χ1n) is 6.54. The highest BCUT2D eigenvalue weighted by Crippen LogP contribution is 2.33. The molecule has 2 heterocycles. The predicted molar refractivity (Wildman–Crippen MR) is 75.6 cm³/mol. The van der Waals surface area contributed by atoms with Crippen LogP contribution in [-0.4, -0.2) is 9.97 Å². The third-order valence-corrected chi connectivity index (χ3v) is 4.61. The van der Waals surface area contributed by atoms with Crippen LogP contribution in [0.25, 0.3) is 10.6 Å². The predicted octanol–water partition coefficient (Wildman–Crippen LogP) is 3.45. The molecule has 3 rings (SSSR count). The van der Waals surface area contributed by atoms with E-state index in [1.807, 2.05) is 12.1 Å². The number of anilines is 1. The van der Waals surface area contributed by atoms with Gasteiger partial charge in [0, 0.05) is 11.1 Å². The summed E-state index contributed by atoms with van der Waals surface area (Å²) in [5, 5.41) is 1.03. The maximum atomic E-state index is 5.93. The summed E-state index contributed by atoms with van der Waals surface area (Å²) in [7, 11) is 0. The summed E-state index contributed by atoms with van der Waals surface area (Å²) >= 11 is 1.79. The van der Waals surface area contributed by atoms with Crippen molar-refractivity contribution < 1.29 is 0 Å². The summed E-state index contributed by atoms with van der Waals surface area (Å²) in [6.07, 6.45) is 9.25. The number of nitrogen functional groups attached to an aromatic ring is 1. The Labute approximate surface area is 111 Å². The fourth-order valence-electron chi connectivity index (χ4n) is 2.42. The van der Waals surface area contributed by atoms with Gasteiger partial charge in [-0.2, -0.15) is 0 Å². The van der Waals surface area contributed by atoms with Crippen LogP contribution in [0.5, 0.6) is 0 Å². The molecule has 18 heavy (non-hydrogen) atoms. The van der Waals surface area contributed by atoms with E-state index in [0.717, 1.165) is 17.0 Å². The number of hydrogen-bond donors (Lipinski definition) is 1. The minimum Gasteiger partial charge on any atom is -0.383 e. The fourth-order valence-corrected chi connectivity index (χ4v) is 3.60. The zero-order valence-electron chi connectivity index (χ0n) is 10.4. The van der Waals surface area contributed by atoms with Crippen molar-refractivity contribution in [3.05, 3.63) is 28.9 Å². The molecule has 0 fully saturated rings. The van der Waals surface area contributed by atoms with Crippen LogP contribution in [0.2, 0.25) is 0 Å². The Morgan fingerprint density at radius 1 is 1.11 bits per heavy atom. The second kappa shape index (κ2) is 5.06. The van der Waals surface area contributed by atoms with E-state index >= 15 is 0 Å². The van der Waals surface area contributed by atoms with E-state index in [-0.39, 0.29) is 0 Å². The molecule has 2 aromatic heterocycles. The highest BCUT2D eigenvalue weighted by atomic mass is 32.1. The first-order valence-corrected chi connectivity index (χ1v) is 7.35. The van der Waals surface area contributed by atoms with Crippen LogP contribution in [-0.2, 0) is 12.8 Å². The molecule has 1 aliphatic rings. The monoisotopic (exact) mass is 259 g/mol. The lowest BCUT2D eigenvalue weighted by Gasteiger charge is -2.06. The molecule has 3 nitrogen and oxygen atoms in total. The van der Waals surface area contributed by atoms with Crippen molar-refractivity contribution >= 4 is 17.2 Å². The molecule has 0 saturated heterocycles. The van der Waals surface area contributed by atoms with Gasteiger partial charge in [-0.15, -0.1) is 11.3 Å². The Balaban J connectivity index is 1.99. The first kappa shape index (κ1) is 11.7. The van der Waals surface area contributed by atoms with Gasteiger partial charge in [-0.05, 0) is 37.8 Å². The average molecular weight is 259 g/mol. The molecule has 94 valence electrons. The minimum atomic E-state index is 0.583. The lowest BCUT2D eigenvalue weighted by atomic mass is 10.0. The number of thiazole rings is 1. The van der Waals surface area contributed by atoms with Gasteiger partial charge in [0.15, 0.2) is 0 Å². The molecule has 0 spiro atoms. The van der Waals surface area contributed by atoms with E-state index in [0.29, 0.717) is 5.82 Å². The molecule has 0 radical (unpaired) electrons. The van der Waals surface area contributed by atoms with Crippen LogP contribution in [0.4, 0.5) is 5.82 Å². The Bertz CT molecular complexity index is 522. The highest BCUT2D eigenvalue weighted by Gasteiger charge is 2.15. The molecule has 0 amide bonds. The third kappa shape index (κ3) is 2.25. The van der Waals surface area contributed by atoms with E-state index in [2.05, 4.69) is 4.98 Å². The van der Waals surface area contributed by atoms with Crippen molar-refractivity contribution in [2.24, 2.45) is 0 Å². The van der Waals surface area contributed by atoms with Crippen LogP contribution >= 0.6 is 11.3 Å².